The fourth-order valence-corrected chi connectivity index (χ4v) is 6.94. The van der Waals surface area contributed by atoms with E-state index in [1.54, 1.807) is 23.1 Å². The Kier molecular flexibility index (Phi) is 9.11. The van der Waals surface area contributed by atoms with E-state index >= 15 is 0 Å². The summed E-state index contributed by atoms with van der Waals surface area (Å²) >= 11 is 1.34. The van der Waals surface area contributed by atoms with Gasteiger partial charge in [0.15, 0.2) is 11.6 Å². The molecule has 3 amide bonds. The van der Waals surface area contributed by atoms with Crippen LogP contribution in [0.5, 0.6) is 5.75 Å². The molecule has 2 N–H and O–H groups in total. The maximum Gasteiger partial charge on any atom is 0.253 e. The van der Waals surface area contributed by atoms with Crippen LogP contribution in [0.1, 0.15) is 52.5 Å². The van der Waals surface area contributed by atoms with Gasteiger partial charge in [-0.2, -0.15) is 0 Å². The smallest absolute Gasteiger partial charge is 0.253 e. The van der Waals surface area contributed by atoms with Crippen molar-refractivity contribution in [3.05, 3.63) is 89.0 Å². The van der Waals surface area contributed by atoms with Gasteiger partial charge in [0.05, 0.1) is 12.8 Å². The molecule has 7 nitrogen and oxygen atoms in total. The number of fused-ring (bicyclic) bond motifs is 1. The summed E-state index contributed by atoms with van der Waals surface area (Å²) in [6, 6.07) is 16.4. The number of anilines is 1. The fourth-order valence-electron chi connectivity index (χ4n) is 5.99. The number of nitrogens with one attached hydrogen (secondary N) is 2. The maximum atomic E-state index is 14.9. The standard InChI is InChI=1S/C32H33F2N3O4S/c1-19(38)35-28-15-20(11-14-29(28)41-2)32(40)37-16-21-7-6-10-27(24(21)17-37)36-31(39)23-12-13-26(33)30(34)25(23)18-42-22-8-4-3-5-9-22/h3-5,8-9,11-15,21,24,27H,6-7,10,16-18H2,1-2H3,(H,35,38)(H,36,39)/t21-,24+,27-/m1/s1. The summed E-state index contributed by atoms with van der Waals surface area (Å²) in [5, 5.41) is 5.80. The van der Waals surface area contributed by atoms with Crippen LogP contribution in [-0.2, 0) is 10.5 Å². The Balaban J connectivity index is 1.30. The van der Waals surface area contributed by atoms with Crippen LogP contribution in [0.4, 0.5) is 14.5 Å². The Hall–Kier alpha value is -3.92. The largest absolute Gasteiger partial charge is 0.495 e. The zero-order valence-electron chi connectivity index (χ0n) is 23.5. The van der Waals surface area contributed by atoms with E-state index in [9.17, 15) is 23.2 Å². The molecule has 2 fully saturated rings. The van der Waals surface area contributed by atoms with Crippen molar-refractivity contribution in [3.8, 4) is 5.75 Å². The van der Waals surface area contributed by atoms with Gasteiger partial charge in [-0.3, -0.25) is 14.4 Å². The van der Waals surface area contributed by atoms with Crippen LogP contribution in [-0.4, -0.2) is 48.9 Å². The number of amides is 3. The highest BCUT2D eigenvalue weighted by atomic mass is 32.2. The molecular weight excluding hydrogens is 560 g/mol. The van der Waals surface area contributed by atoms with Crippen LogP contribution >= 0.6 is 11.8 Å². The number of hydrogen-bond acceptors (Lipinski definition) is 5. The van der Waals surface area contributed by atoms with Gasteiger partial charge in [-0.15, -0.1) is 11.8 Å². The van der Waals surface area contributed by atoms with Gasteiger partial charge in [-0.05, 0) is 61.2 Å². The van der Waals surface area contributed by atoms with Crippen molar-refractivity contribution in [3.63, 3.8) is 0 Å². The van der Waals surface area contributed by atoms with E-state index in [1.165, 1.54) is 31.9 Å². The number of rotatable bonds is 8. The molecule has 1 heterocycles. The number of nitrogens with zero attached hydrogens (tertiary/aromatic N) is 1. The molecule has 0 radical (unpaired) electrons. The summed E-state index contributed by atoms with van der Waals surface area (Å²) in [5.74, 6) is -2.07. The number of thioether (sulfide) groups is 1. The Labute approximate surface area is 248 Å². The molecule has 1 saturated heterocycles. The summed E-state index contributed by atoms with van der Waals surface area (Å²) in [6.07, 6.45) is 2.56. The van der Waals surface area contributed by atoms with Gasteiger partial charge in [0.25, 0.3) is 11.8 Å². The van der Waals surface area contributed by atoms with E-state index in [-0.39, 0.29) is 46.6 Å². The molecule has 220 valence electrons. The molecule has 0 aromatic heterocycles. The van der Waals surface area contributed by atoms with Crippen LogP contribution in [0.3, 0.4) is 0 Å². The predicted molar refractivity (Wildman–Crippen MR) is 158 cm³/mol. The van der Waals surface area contributed by atoms with Crippen molar-refractivity contribution < 1.29 is 27.9 Å². The average molecular weight is 594 g/mol. The SMILES string of the molecule is COc1ccc(C(=O)N2C[C@H]3CCC[C@@H](NC(=O)c4ccc(F)c(F)c4CSc4ccccc4)[C@H]3C2)cc1NC(C)=O. The van der Waals surface area contributed by atoms with Gasteiger partial charge < -0.3 is 20.3 Å². The average Bonchev–Trinajstić information content (AvgIpc) is 3.43. The lowest BCUT2D eigenvalue weighted by Crippen LogP contribution is -2.45. The first-order valence-corrected chi connectivity index (χ1v) is 14.9. The Morgan fingerprint density at radius 3 is 2.55 bits per heavy atom. The molecule has 1 aliphatic heterocycles. The summed E-state index contributed by atoms with van der Waals surface area (Å²) < 4.78 is 34.4. The number of likely N-dealkylation sites (tertiary alicyclic amines) is 1. The second-order valence-corrected chi connectivity index (χ2v) is 11.8. The minimum absolute atomic E-state index is 0.0337. The quantitative estimate of drug-likeness (QED) is 0.318. The molecule has 0 spiro atoms. The van der Waals surface area contributed by atoms with Gasteiger partial charge in [0.2, 0.25) is 5.91 Å². The molecule has 3 atom stereocenters. The third kappa shape index (κ3) is 6.43. The Morgan fingerprint density at radius 1 is 1.02 bits per heavy atom. The van der Waals surface area contributed by atoms with Crippen molar-refractivity contribution in [2.45, 2.75) is 42.9 Å². The molecule has 5 rings (SSSR count). The molecule has 0 unspecified atom stereocenters. The van der Waals surface area contributed by atoms with Gasteiger partial charge in [-0.1, -0.05) is 24.6 Å². The highest BCUT2D eigenvalue weighted by Gasteiger charge is 2.42. The minimum atomic E-state index is -1.01. The van der Waals surface area contributed by atoms with Crippen molar-refractivity contribution in [2.75, 3.05) is 25.5 Å². The third-order valence-electron chi connectivity index (χ3n) is 8.03. The number of ether oxygens (including phenoxy) is 1. The fraction of sp³-hybridized carbons (Fsp3) is 0.344. The maximum absolute atomic E-state index is 14.9. The van der Waals surface area contributed by atoms with Crippen molar-refractivity contribution in [1.29, 1.82) is 0 Å². The first-order chi connectivity index (χ1) is 20.2. The summed E-state index contributed by atoms with van der Waals surface area (Å²) in [4.78, 5) is 41.3. The second-order valence-electron chi connectivity index (χ2n) is 10.7. The van der Waals surface area contributed by atoms with Crippen LogP contribution in [0.15, 0.2) is 65.6 Å². The topological polar surface area (TPSA) is 87.7 Å². The van der Waals surface area contributed by atoms with Crippen molar-refractivity contribution >= 4 is 35.2 Å². The van der Waals surface area contributed by atoms with Crippen LogP contribution < -0.4 is 15.4 Å². The van der Waals surface area contributed by atoms with Gasteiger partial charge >= 0.3 is 0 Å². The molecular formula is C32H33F2N3O4S. The minimum Gasteiger partial charge on any atom is -0.495 e. The molecule has 1 saturated carbocycles. The van der Waals surface area contributed by atoms with E-state index in [2.05, 4.69) is 10.6 Å². The Morgan fingerprint density at radius 2 is 1.81 bits per heavy atom. The zero-order valence-corrected chi connectivity index (χ0v) is 24.3. The van der Waals surface area contributed by atoms with Gasteiger partial charge in [0, 0.05) is 59.3 Å². The summed E-state index contributed by atoms with van der Waals surface area (Å²) in [5.41, 5.74) is 1.01. The van der Waals surface area contributed by atoms with Gasteiger partial charge in [0.1, 0.15) is 5.75 Å². The molecule has 1 aliphatic carbocycles. The number of benzene rings is 3. The Bertz CT molecular complexity index is 1490. The summed E-state index contributed by atoms with van der Waals surface area (Å²) in [6.45, 7) is 2.41. The molecule has 2 aliphatic rings. The van der Waals surface area contributed by atoms with Crippen molar-refractivity contribution in [2.24, 2.45) is 11.8 Å². The van der Waals surface area contributed by atoms with E-state index in [1.807, 2.05) is 30.3 Å². The normalized spacial score (nSPS) is 19.6. The number of halogens is 2. The molecule has 42 heavy (non-hydrogen) atoms. The van der Waals surface area contributed by atoms with E-state index in [4.69, 9.17) is 4.74 Å². The van der Waals surface area contributed by atoms with Crippen molar-refractivity contribution in [1.82, 2.24) is 10.2 Å². The van der Waals surface area contributed by atoms with Crippen LogP contribution in [0.25, 0.3) is 0 Å². The van der Waals surface area contributed by atoms with Gasteiger partial charge in [-0.25, -0.2) is 8.78 Å². The molecule has 3 aromatic rings. The number of carbonyl (C=O) groups excluding carboxylic acids is 3. The monoisotopic (exact) mass is 593 g/mol. The first-order valence-electron chi connectivity index (χ1n) is 14.0. The van der Waals surface area contributed by atoms with Crippen LogP contribution in [0, 0.1) is 23.5 Å². The lowest BCUT2D eigenvalue weighted by molar-refractivity contribution is -0.114. The predicted octanol–water partition coefficient (Wildman–Crippen LogP) is 5.89. The first kappa shape index (κ1) is 29.6. The second kappa shape index (κ2) is 12.9. The highest BCUT2D eigenvalue weighted by Crippen LogP contribution is 2.38. The zero-order chi connectivity index (χ0) is 29.8. The number of hydrogen-bond donors (Lipinski definition) is 2. The molecule has 0 bridgehead atoms. The summed E-state index contributed by atoms with van der Waals surface area (Å²) in [7, 11) is 1.49. The molecule has 10 heteroatoms. The highest BCUT2D eigenvalue weighted by molar-refractivity contribution is 7.98. The van der Waals surface area contributed by atoms with E-state index < -0.39 is 17.5 Å². The number of carbonyl (C=O) groups is 3. The lowest BCUT2D eigenvalue weighted by Gasteiger charge is -2.33. The van der Waals surface area contributed by atoms with E-state index in [0.717, 1.165) is 30.2 Å². The molecule has 3 aromatic carbocycles. The third-order valence-corrected chi connectivity index (χ3v) is 9.06. The lowest BCUT2D eigenvalue weighted by atomic mass is 9.78. The van der Waals surface area contributed by atoms with Crippen LogP contribution in [0.2, 0.25) is 0 Å². The number of methoxy groups -OCH3 is 1. The van der Waals surface area contributed by atoms with E-state index in [0.29, 0.717) is 30.1 Å².